The molecule has 0 unspecified atom stereocenters. The standard InChI is InChI=1S/C17H18N2O4/c1-4-23-17(21)14-13(11-8-6-5-7-9-11)12(16(20)22-3)10(2)19-15(14)18/h5-9H,4H2,1-3H3,(H2,18,19). The van der Waals surface area contributed by atoms with Gasteiger partial charge in [0.1, 0.15) is 11.4 Å². The summed E-state index contributed by atoms with van der Waals surface area (Å²) in [7, 11) is 1.27. The summed E-state index contributed by atoms with van der Waals surface area (Å²) < 4.78 is 9.91. The van der Waals surface area contributed by atoms with Crippen molar-refractivity contribution in [2.45, 2.75) is 13.8 Å². The van der Waals surface area contributed by atoms with Gasteiger partial charge in [0, 0.05) is 5.56 Å². The number of aryl methyl sites for hydroxylation is 1. The lowest BCUT2D eigenvalue weighted by Crippen LogP contribution is -2.17. The molecule has 0 aliphatic heterocycles. The maximum absolute atomic E-state index is 12.3. The fraction of sp³-hybridized carbons (Fsp3) is 0.235. The van der Waals surface area contributed by atoms with Crippen molar-refractivity contribution in [2.24, 2.45) is 0 Å². The van der Waals surface area contributed by atoms with Gasteiger partial charge in [-0.1, -0.05) is 30.3 Å². The quantitative estimate of drug-likeness (QED) is 0.872. The van der Waals surface area contributed by atoms with Gasteiger partial charge in [-0.3, -0.25) is 0 Å². The molecule has 120 valence electrons. The predicted octanol–water partition coefficient (Wildman–Crippen LogP) is 2.60. The monoisotopic (exact) mass is 314 g/mol. The Morgan fingerprint density at radius 3 is 2.35 bits per heavy atom. The first-order valence-electron chi connectivity index (χ1n) is 7.12. The smallest absolute Gasteiger partial charge is 0.342 e. The fourth-order valence-electron chi connectivity index (χ4n) is 2.38. The van der Waals surface area contributed by atoms with E-state index in [9.17, 15) is 9.59 Å². The number of rotatable bonds is 4. The van der Waals surface area contributed by atoms with Crippen molar-refractivity contribution in [3.05, 3.63) is 47.2 Å². The molecule has 0 amide bonds. The number of anilines is 1. The number of carbonyl (C=O) groups excluding carboxylic acids is 2. The van der Waals surface area contributed by atoms with Gasteiger partial charge in [0.25, 0.3) is 0 Å². The molecule has 6 heteroatoms. The van der Waals surface area contributed by atoms with E-state index >= 15 is 0 Å². The zero-order valence-electron chi connectivity index (χ0n) is 13.3. The maximum atomic E-state index is 12.3. The number of nitrogen functional groups attached to an aromatic ring is 1. The highest BCUT2D eigenvalue weighted by Crippen LogP contribution is 2.33. The second-order valence-corrected chi connectivity index (χ2v) is 4.79. The van der Waals surface area contributed by atoms with E-state index in [1.165, 1.54) is 7.11 Å². The number of aromatic nitrogens is 1. The number of benzene rings is 1. The van der Waals surface area contributed by atoms with Crippen molar-refractivity contribution in [1.29, 1.82) is 0 Å². The van der Waals surface area contributed by atoms with E-state index < -0.39 is 11.9 Å². The van der Waals surface area contributed by atoms with Crippen molar-refractivity contribution in [1.82, 2.24) is 4.98 Å². The highest BCUT2D eigenvalue weighted by Gasteiger charge is 2.27. The molecular weight excluding hydrogens is 296 g/mol. The van der Waals surface area contributed by atoms with Crippen LogP contribution in [0, 0.1) is 6.92 Å². The minimum Gasteiger partial charge on any atom is -0.465 e. The van der Waals surface area contributed by atoms with Crippen LogP contribution >= 0.6 is 0 Å². The Hall–Kier alpha value is -2.89. The van der Waals surface area contributed by atoms with E-state index in [4.69, 9.17) is 15.2 Å². The van der Waals surface area contributed by atoms with Crippen LogP contribution in [0.3, 0.4) is 0 Å². The first-order chi connectivity index (χ1) is 11.0. The fourth-order valence-corrected chi connectivity index (χ4v) is 2.38. The molecule has 0 aliphatic rings. The van der Waals surface area contributed by atoms with Crippen LogP contribution in [0.4, 0.5) is 5.82 Å². The number of nitrogens with zero attached hydrogens (tertiary/aromatic N) is 1. The van der Waals surface area contributed by atoms with Crippen molar-refractivity contribution < 1.29 is 19.1 Å². The Bertz CT molecular complexity index is 742. The summed E-state index contributed by atoms with van der Waals surface area (Å²) in [5.41, 5.74) is 7.64. The van der Waals surface area contributed by atoms with Crippen LogP contribution in [0.25, 0.3) is 11.1 Å². The van der Waals surface area contributed by atoms with Crippen molar-refractivity contribution in [3.8, 4) is 11.1 Å². The Morgan fingerprint density at radius 1 is 1.13 bits per heavy atom. The molecule has 0 saturated carbocycles. The Morgan fingerprint density at radius 2 is 1.78 bits per heavy atom. The summed E-state index contributed by atoms with van der Waals surface area (Å²) in [5, 5.41) is 0. The molecule has 1 heterocycles. The van der Waals surface area contributed by atoms with E-state index in [1.54, 1.807) is 38.1 Å². The molecule has 0 bridgehead atoms. The highest BCUT2D eigenvalue weighted by atomic mass is 16.5. The second kappa shape index (κ2) is 6.91. The van der Waals surface area contributed by atoms with Gasteiger partial charge >= 0.3 is 11.9 Å². The lowest BCUT2D eigenvalue weighted by Gasteiger charge is -2.16. The van der Waals surface area contributed by atoms with Crippen molar-refractivity contribution in [2.75, 3.05) is 19.5 Å². The molecule has 0 saturated heterocycles. The molecule has 23 heavy (non-hydrogen) atoms. The molecule has 0 radical (unpaired) electrons. The van der Waals surface area contributed by atoms with E-state index in [-0.39, 0.29) is 23.6 Å². The van der Waals surface area contributed by atoms with Crippen molar-refractivity contribution in [3.63, 3.8) is 0 Å². The third-order valence-corrected chi connectivity index (χ3v) is 3.34. The number of esters is 2. The van der Waals surface area contributed by atoms with Crippen LogP contribution in [0.15, 0.2) is 30.3 Å². The molecule has 0 aliphatic carbocycles. The lowest BCUT2D eigenvalue weighted by atomic mass is 9.93. The number of hydrogen-bond donors (Lipinski definition) is 1. The number of nitrogens with two attached hydrogens (primary N) is 1. The van der Waals surface area contributed by atoms with Gasteiger partial charge in [0.15, 0.2) is 0 Å². The summed E-state index contributed by atoms with van der Waals surface area (Å²) in [6.07, 6.45) is 0. The third-order valence-electron chi connectivity index (χ3n) is 3.34. The predicted molar refractivity (Wildman–Crippen MR) is 86.1 cm³/mol. The van der Waals surface area contributed by atoms with Gasteiger partial charge in [-0.15, -0.1) is 0 Å². The van der Waals surface area contributed by atoms with Crippen LogP contribution in [0.2, 0.25) is 0 Å². The van der Waals surface area contributed by atoms with Gasteiger partial charge in [-0.2, -0.15) is 0 Å². The van der Waals surface area contributed by atoms with Gasteiger partial charge < -0.3 is 15.2 Å². The van der Waals surface area contributed by atoms with Crippen LogP contribution in [-0.4, -0.2) is 30.6 Å². The van der Waals surface area contributed by atoms with E-state index in [1.807, 2.05) is 6.07 Å². The molecule has 6 nitrogen and oxygen atoms in total. The number of hydrogen-bond acceptors (Lipinski definition) is 6. The largest absolute Gasteiger partial charge is 0.465 e. The van der Waals surface area contributed by atoms with Crippen LogP contribution in [0.5, 0.6) is 0 Å². The molecule has 0 spiro atoms. The van der Waals surface area contributed by atoms with E-state index in [0.29, 0.717) is 16.8 Å². The number of methoxy groups -OCH3 is 1. The summed E-state index contributed by atoms with van der Waals surface area (Å²) in [4.78, 5) is 28.7. The summed E-state index contributed by atoms with van der Waals surface area (Å²) >= 11 is 0. The third kappa shape index (κ3) is 3.15. The molecule has 2 aromatic rings. The van der Waals surface area contributed by atoms with E-state index in [0.717, 1.165) is 0 Å². The van der Waals surface area contributed by atoms with Gasteiger partial charge in [-0.25, -0.2) is 14.6 Å². The first-order valence-corrected chi connectivity index (χ1v) is 7.12. The molecule has 0 atom stereocenters. The second-order valence-electron chi connectivity index (χ2n) is 4.79. The van der Waals surface area contributed by atoms with Gasteiger partial charge in [0.2, 0.25) is 0 Å². The first kappa shape index (κ1) is 16.5. The molecular formula is C17H18N2O4. The zero-order valence-corrected chi connectivity index (χ0v) is 13.3. The van der Waals surface area contributed by atoms with E-state index in [2.05, 4.69) is 4.98 Å². The van der Waals surface area contributed by atoms with Crippen molar-refractivity contribution >= 4 is 17.8 Å². The average Bonchev–Trinajstić information content (AvgIpc) is 2.54. The summed E-state index contributed by atoms with van der Waals surface area (Å²) in [6.45, 7) is 3.52. The minimum atomic E-state index is -0.624. The summed E-state index contributed by atoms with van der Waals surface area (Å²) in [6, 6.07) is 9.00. The number of carbonyl (C=O) groups is 2. The van der Waals surface area contributed by atoms with Crippen LogP contribution < -0.4 is 5.73 Å². The topological polar surface area (TPSA) is 91.5 Å². The molecule has 0 fully saturated rings. The minimum absolute atomic E-state index is 0.0208. The van der Waals surface area contributed by atoms with Gasteiger partial charge in [-0.05, 0) is 19.4 Å². The highest BCUT2D eigenvalue weighted by molar-refractivity contribution is 6.09. The lowest BCUT2D eigenvalue weighted by molar-refractivity contribution is 0.0528. The molecule has 2 rings (SSSR count). The SMILES string of the molecule is CCOC(=O)c1c(N)nc(C)c(C(=O)OC)c1-c1ccccc1. The van der Waals surface area contributed by atoms with Crippen LogP contribution in [0.1, 0.15) is 33.3 Å². The van der Waals surface area contributed by atoms with Gasteiger partial charge in [0.05, 0.1) is 25.0 Å². The van der Waals surface area contributed by atoms with Crippen LogP contribution in [-0.2, 0) is 9.47 Å². The Labute approximate surface area is 134 Å². The number of pyridine rings is 1. The zero-order chi connectivity index (χ0) is 17.0. The Kier molecular flexibility index (Phi) is 4.95. The molecule has 1 aromatic heterocycles. The number of ether oxygens (including phenoxy) is 2. The maximum Gasteiger partial charge on any atom is 0.342 e. The Balaban J connectivity index is 2.85. The molecule has 1 aromatic carbocycles. The summed E-state index contributed by atoms with van der Waals surface area (Å²) in [5.74, 6) is -1.19. The molecule has 2 N–H and O–H groups in total. The average molecular weight is 314 g/mol. The normalized spacial score (nSPS) is 10.2.